The molecule has 152 valence electrons. The predicted molar refractivity (Wildman–Crippen MR) is 121 cm³/mol. The van der Waals surface area contributed by atoms with E-state index >= 15 is 0 Å². The van der Waals surface area contributed by atoms with E-state index in [-0.39, 0.29) is 11.8 Å². The number of ether oxygens (including phenoxy) is 1. The summed E-state index contributed by atoms with van der Waals surface area (Å²) in [7, 11) is 0. The number of nitrogens with one attached hydrogen (secondary N) is 1. The Morgan fingerprint density at radius 1 is 0.867 bits per heavy atom. The molecule has 4 nitrogen and oxygen atoms in total. The largest absolute Gasteiger partial charge is 0.377 e. The van der Waals surface area contributed by atoms with E-state index in [1.807, 2.05) is 84.9 Å². The van der Waals surface area contributed by atoms with Crippen molar-refractivity contribution < 1.29 is 9.53 Å². The van der Waals surface area contributed by atoms with Crippen LogP contribution in [0.5, 0.6) is 0 Å². The van der Waals surface area contributed by atoms with E-state index in [0.29, 0.717) is 6.61 Å². The van der Waals surface area contributed by atoms with Crippen molar-refractivity contribution in [1.29, 1.82) is 0 Å². The zero-order chi connectivity index (χ0) is 20.8. The fraction of sp³-hybridized carbons (Fsp3) is 0.192. The molecule has 30 heavy (non-hydrogen) atoms. The van der Waals surface area contributed by atoms with Crippen molar-refractivity contribution in [3.05, 3.63) is 108 Å². The predicted octanol–water partition coefficient (Wildman–Crippen LogP) is 4.59. The van der Waals surface area contributed by atoms with Gasteiger partial charge in [-0.25, -0.2) is 0 Å². The summed E-state index contributed by atoms with van der Waals surface area (Å²) in [5.41, 5.74) is 11.7. The average molecular weight is 399 g/mol. The van der Waals surface area contributed by atoms with Crippen LogP contribution in [0.4, 0.5) is 5.69 Å². The van der Waals surface area contributed by atoms with Gasteiger partial charge in [-0.3, -0.25) is 4.79 Å². The zero-order valence-corrected chi connectivity index (χ0v) is 16.8. The molecule has 4 heteroatoms. The van der Waals surface area contributed by atoms with E-state index in [2.05, 4.69) is 11.4 Å². The highest BCUT2D eigenvalue weighted by Gasteiger charge is 2.27. The maximum atomic E-state index is 13.0. The van der Waals surface area contributed by atoms with Crippen LogP contribution < -0.4 is 11.1 Å². The Hall–Kier alpha value is -3.21. The lowest BCUT2D eigenvalue weighted by atomic mass is 9.85. The molecule has 0 aromatic heterocycles. The van der Waals surface area contributed by atoms with Crippen molar-refractivity contribution in [1.82, 2.24) is 0 Å². The van der Waals surface area contributed by atoms with E-state index < -0.39 is 6.04 Å². The minimum atomic E-state index is -0.715. The Balaban J connectivity index is 1.52. The second-order valence-corrected chi connectivity index (χ2v) is 7.45. The molecule has 4 rings (SSSR count). The SMILES string of the molecule is N[C@H](C(=O)Nc1ccc(C2=CCOCC2)cc1)C(c1ccccc1)c1ccccc1. The quantitative estimate of drug-likeness (QED) is 0.638. The van der Waals surface area contributed by atoms with Crippen molar-refractivity contribution in [3.8, 4) is 0 Å². The summed E-state index contributed by atoms with van der Waals surface area (Å²) in [6.45, 7) is 1.41. The summed E-state index contributed by atoms with van der Waals surface area (Å²) in [4.78, 5) is 13.0. The van der Waals surface area contributed by atoms with Crippen molar-refractivity contribution in [2.45, 2.75) is 18.4 Å². The minimum Gasteiger partial charge on any atom is -0.377 e. The molecule has 1 atom stereocenters. The monoisotopic (exact) mass is 398 g/mol. The maximum Gasteiger partial charge on any atom is 0.242 e. The Morgan fingerprint density at radius 2 is 1.47 bits per heavy atom. The summed E-state index contributed by atoms with van der Waals surface area (Å²) in [5.74, 6) is -0.426. The van der Waals surface area contributed by atoms with Crippen LogP contribution >= 0.6 is 0 Å². The number of hydrogen-bond acceptors (Lipinski definition) is 3. The number of nitrogens with two attached hydrogens (primary N) is 1. The third kappa shape index (κ3) is 4.67. The van der Waals surface area contributed by atoms with Crippen LogP contribution in [0, 0.1) is 0 Å². The van der Waals surface area contributed by atoms with E-state index in [4.69, 9.17) is 10.5 Å². The number of hydrogen-bond donors (Lipinski definition) is 2. The maximum absolute atomic E-state index is 13.0. The van der Waals surface area contributed by atoms with E-state index in [0.717, 1.165) is 35.4 Å². The summed E-state index contributed by atoms with van der Waals surface area (Å²) in [5, 5.41) is 2.98. The molecule has 1 amide bonds. The van der Waals surface area contributed by atoms with Crippen LogP contribution in [0.2, 0.25) is 0 Å². The molecule has 0 spiro atoms. The van der Waals surface area contributed by atoms with E-state index in [1.165, 1.54) is 5.57 Å². The second kappa shape index (κ2) is 9.53. The molecule has 0 bridgehead atoms. The lowest BCUT2D eigenvalue weighted by Gasteiger charge is -2.24. The third-order valence-electron chi connectivity index (χ3n) is 5.47. The van der Waals surface area contributed by atoms with Gasteiger partial charge in [-0.2, -0.15) is 0 Å². The molecule has 0 saturated heterocycles. The van der Waals surface area contributed by atoms with Crippen LogP contribution in [0.1, 0.15) is 29.0 Å². The molecule has 1 heterocycles. The van der Waals surface area contributed by atoms with Crippen LogP contribution in [-0.4, -0.2) is 25.2 Å². The molecule has 1 aliphatic rings. The number of carbonyl (C=O) groups excluding carboxylic acids is 1. The van der Waals surface area contributed by atoms with Gasteiger partial charge >= 0.3 is 0 Å². The number of rotatable bonds is 6. The Bertz CT molecular complexity index is 959. The van der Waals surface area contributed by atoms with Crippen LogP contribution in [-0.2, 0) is 9.53 Å². The van der Waals surface area contributed by atoms with Gasteiger partial charge in [-0.15, -0.1) is 0 Å². The lowest BCUT2D eigenvalue weighted by molar-refractivity contribution is -0.117. The number of amides is 1. The molecule has 0 radical (unpaired) electrons. The molecule has 0 fully saturated rings. The van der Waals surface area contributed by atoms with Crippen molar-refractivity contribution in [2.24, 2.45) is 5.73 Å². The van der Waals surface area contributed by atoms with Gasteiger partial charge in [0, 0.05) is 11.6 Å². The van der Waals surface area contributed by atoms with Gasteiger partial charge in [0.1, 0.15) is 0 Å². The van der Waals surface area contributed by atoms with Crippen LogP contribution in [0.3, 0.4) is 0 Å². The first-order valence-electron chi connectivity index (χ1n) is 10.3. The Labute approximate surface area is 177 Å². The standard InChI is InChI=1S/C26H26N2O2/c27-25(24(21-7-3-1-4-8-21)22-9-5-2-6-10-22)26(29)28-23-13-11-19(12-14-23)20-15-17-30-18-16-20/h1-15,24-25H,16-18,27H2,(H,28,29)/t25-/m0/s1. The second-order valence-electron chi connectivity index (χ2n) is 7.45. The van der Waals surface area contributed by atoms with Gasteiger partial charge in [0.05, 0.1) is 19.3 Å². The number of anilines is 1. The van der Waals surface area contributed by atoms with E-state index in [9.17, 15) is 4.79 Å². The van der Waals surface area contributed by atoms with Gasteiger partial charge in [-0.1, -0.05) is 78.9 Å². The first-order valence-corrected chi connectivity index (χ1v) is 10.3. The Morgan fingerprint density at radius 3 is 2.00 bits per heavy atom. The number of carbonyl (C=O) groups is 1. The smallest absolute Gasteiger partial charge is 0.242 e. The summed E-state index contributed by atoms with van der Waals surface area (Å²) in [6, 6.07) is 27.1. The molecule has 3 aromatic rings. The van der Waals surface area contributed by atoms with E-state index in [1.54, 1.807) is 0 Å². The minimum absolute atomic E-state index is 0.203. The molecular weight excluding hydrogens is 372 g/mol. The van der Waals surface area contributed by atoms with Crippen molar-refractivity contribution >= 4 is 17.2 Å². The molecule has 3 N–H and O–H groups in total. The highest BCUT2D eigenvalue weighted by atomic mass is 16.5. The molecule has 1 aliphatic heterocycles. The topological polar surface area (TPSA) is 64.4 Å². The number of benzene rings is 3. The molecule has 0 unspecified atom stereocenters. The molecule has 0 saturated carbocycles. The van der Waals surface area contributed by atoms with Gasteiger partial charge in [0.15, 0.2) is 0 Å². The highest BCUT2D eigenvalue weighted by molar-refractivity contribution is 5.96. The Kier molecular flexibility index (Phi) is 6.38. The normalized spacial score (nSPS) is 14.8. The average Bonchev–Trinajstić information content (AvgIpc) is 2.82. The molecule has 0 aliphatic carbocycles. The van der Waals surface area contributed by atoms with Crippen LogP contribution in [0.15, 0.2) is 91.0 Å². The van der Waals surface area contributed by atoms with Crippen molar-refractivity contribution in [3.63, 3.8) is 0 Å². The van der Waals surface area contributed by atoms with Gasteiger partial charge in [0.2, 0.25) is 5.91 Å². The zero-order valence-electron chi connectivity index (χ0n) is 16.8. The molecular formula is C26H26N2O2. The lowest BCUT2D eigenvalue weighted by Crippen LogP contribution is -2.41. The van der Waals surface area contributed by atoms with Gasteiger partial charge in [0.25, 0.3) is 0 Å². The highest BCUT2D eigenvalue weighted by Crippen LogP contribution is 2.28. The summed E-state index contributed by atoms with van der Waals surface area (Å²) < 4.78 is 5.37. The summed E-state index contributed by atoms with van der Waals surface area (Å²) in [6.07, 6.45) is 3.02. The fourth-order valence-corrected chi connectivity index (χ4v) is 3.86. The molecule has 3 aromatic carbocycles. The first kappa shape index (κ1) is 20.1. The van der Waals surface area contributed by atoms with Gasteiger partial charge in [-0.05, 0) is 40.8 Å². The third-order valence-corrected chi connectivity index (χ3v) is 5.47. The first-order chi connectivity index (χ1) is 14.7. The summed E-state index contributed by atoms with van der Waals surface area (Å²) >= 11 is 0. The van der Waals surface area contributed by atoms with Crippen molar-refractivity contribution in [2.75, 3.05) is 18.5 Å². The fourth-order valence-electron chi connectivity index (χ4n) is 3.86. The van der Waals surface area contributed by atoms with Crippen LogP contribution in [0.25, 0.3) is 5.57 Å². The van der Waals surface area contributed by atoms with Gasteiger partial charge < -0.3 is 15.8 Å².